The van der Waals surface area contributed by atoms with Gasteiger partial charge in [0.25, 0.3) is 0 Å². The van der Waals surface area contributed by atoms with Crippen LogP contribution in [0.2, 0.25) is 0 Å². The van der Waals surface area contributed by atoms with Crippen molar-refractivity contribution in [3.63, 3.8) is 0 Å². The third-order valence-electron chi connectivity index (χ3n) is 4.99. The zero-order valence-corrected chi connectivity index (χ0v) is 16.6. The zero-order valence-electron chi connectivity index (χ0n) is 14.9. The average molecular weight is 365 g/mol. The maximum atomic E-state index is 12.9. The summed E-state index contributed by atoms with van der Waals surface area (Å²) in [5.74, 6) is 0.0398. The van der Waals surface area contributed by atoms with E-state index in [0.717, 1.165) is 36.5 Å². The van der Waals surface area contributed by atoms with Crippen molar-refractivity contribution in [3.8, 4) is 0 Å². The van der Waals surface area contributed by atoms with Gasteiger partial charge in [-0.15, -0.1) is 24.8 Å². The Morgan fingerprint density at radius 3 is 2.35 bits per heavy atom. The first kappa shape index (κ1) is 22.2. The van der Waals surface area contributed by atoms with Gasteiger partial charge in [-0.3, -0.25) is 9.48 Å². The highest BCUT2D eigenvalue weighted by atomic mass is 35.5. The van der Waals surface area contributed by atoms with E-state index in [1.807, 2.05) is 37.4 Å². The number of rotatable bonds is 2. The molecule has 2 rings (SSSR count). The summed E-state index contributed by atoms with van der Waals surface area (Å²) in [5, 5.41) is 4.43. The molecule has 7 heteroatoms. The molecule has 1 aromatic rings. The van der Waals surface area contributed by atoms with Crippen LogP contribution in [0.3, 0.4) is 0 Å². The summed E-state index contributed by atoms with van der Waals surface area (Å²) in [6, 6.07) is 0.165. The van der Waals surface area contributed by atoms with Gasteiger partial charge < -0.3 is 10.6 Å². The van der Waals surface area contributed by atoms with Gasteiger partial charge in [0.1, 0.15) is 0 Å². The highest BCUT2D eigenvalue weighted by Gasteiger charge is 2.37. The smallest absolute Gasteiger partial charge is 0.229 e. The normalized spacial score (nSPS) is 21.2. The Morgan fingerprint density at radius 1 is 1.35 bits per heavy atom. The van der Waals surface area contributed by atoms with Crippen LogP contribution in [0.1, 0.15) is 50.1 Å². The third-order valence-corrected chi connectivity index (χ3v) is 4.99. The van der Waals surface area contributed by atoms with E-state index in [9.17, 15) is 4.79 Å². The van der Waals surface area contributed by atoms with Gasteiger partial charge in [-0.05, 0) is 32.6 Å². The van der Waals surface area contributed by atoms with E-state index >= 15 is 0 Å². The van der Waals surface area contributed by atoms with Gasteiger partial charge in [0.2, 0.25) is 5.91 Å². The Balaban J connectivity index is 0.00000242. The van der Waals surface area contributed by atoms with E-state index in [0.29, 0.717) is 0 Å². The third kappa shape index (κ3) is 4.20. The van der Waals surface area contributed by atoms with E-state index in [1.165, 1.54) is 0 Å². The highest BCUT2D eigenvalue weighted by Crippen LogP contribution is 2.31. The molecule has 2 unspecified atom stereocenters. The fraction of sp³-hybridized carbons (Fsp3) is 0.750. The standard InChI is InChI=1S/C16H28N4O.2ClH/c1-10(14-11(2)18-19(6)12(14)3)15(21)20-8-7-13(17)16(4,5)9-20;;/h10,13H,7-9,17H2,1-6H3;2*1H. The Bertz CT molecular complexity index is 557. The number of aromatic nitrogens is 2. The quantitative estimate of drug-likeness (QED) is 0.876. The Kier molecular flexibility index (Phi) is 7.59. The number of hydrogen-bond acceptors (Lipinski definition) is 3. The zero-order chi connectivity index (χ0) is 15.9. The van der Waals surface area contributed by atoms with E-state index in [-0.39, 0.29) is 48.1 Å². The molecular weight excluding hydrogens is 335 g/mol. The molecule has 0 saturated carbocycles. The van der Waals surface area contributed by atoms with Gasteiger partial charge >= 0.3 is 0 Å². The van der Waals surface area contributed by atoms with Crippen LogP contribution in [0.15, 0.2) is 0 Å². The van der Waals surface area contributed by atoms with Crippen molar-refractivity contribution in [3.05, 3.63) is 17.0 Å². The minimum Gasteiger partial charge on any atom is -0.342 e. The summed E-state index contributed by atoms with van der Waals surface area (Å²) in [5.41, 5.74) is 9.22. The fourth-order valence-corrected chi connectivity index (χ4v) is 3.38. The van der Waals surface area contributed by atoms with Crippen molar-refractivity contribution >= 4 is 30.7 Å². The first-order valence-electron chi connectivity index (χ1n) is 7.69. The number of aryl methyl sites for hydroxylation is 2. The second-order valence-corrected chi connectivity index (χ2v) is 7.07. The average Bonchev–Trinajstić information content (AvgIpc) is 2.65. The molecule has 134 valence electrons. The molecule has 0 aromatic carbocycles. The van der Waals surface area contributed by atoms with Gasteiger partial charge in [0.05, 0.1) is 11.6 Å². The predicted octanol–water partition coefficient (Wildman–Crippen LogP) is 2.57. The lowest BCUT2D eigenvalue weighted by Gasteiger charge is -2.43. The van der Waals surface area contributed by atoms with Crippen LogP contribution < -0.4 is 5.73 Å². The molecule has 1 aromatic heterocycles. The van der Waals surface area contributed by atoms with E-state index in [4.69, 9.17) is 5.73 Å². The van der Waals surface area contributed by atoms with Crippen LogP contribution in [0.4, 0.5) is 0 Å². The van der Waals surface area contributed by atoms with Crippen LogP contribution in [-0.2, 0) is 11.8 Å². The Hall–Kier alpha value is -0.780. The number of piperidine rings is 1. The topological polar surface area (TPSA) is 64.2 Å². The predicted molar refractivity (Wildman–Crippen MR) is 98.5 cm³/mol. The van der Waals surface area contributed by atoms with E-state index < -0.39 is 0 Å². The molecule has 2 N–H and O–H groups in total. The first-order valence-corrected chi connectivity index (χ1v) is 7.69. The molecule has 1 amide bonds. The minimum absolute atomic E-state index is 0. The van der Waals surface area contributed by atoms with Crippen molar-refractivity contribution in [2.45, 2.75) is 53.0 Å². The number of nitrogens with two attached hydrogens (primary N) is 1. The molecule has 5 nitrogen and oxygen atoms in total. The summed E-state index contributed by atoms with van der Waals surface area (Å²) in [4.78, 5) is 14.8. The number of likely N-dealkylation sites (tertiary alicyclic amines) is 1. The molecule has 1 fully saturated rings. The van der Waals surface area contributed by atoms with Crippen LogP contribution in [0.25, 0.3) is 0 Å². The molecule has 0 radical (unpaired) electrons. The minimum atomic E-state index is -0.149. The number of carbonyl (C=O) groups is 1. The van der Waals surface area contributed by atoms with Gasteiger partial charge in [-0.2, -0.15) is 5.10 Å². The van der Waals surface area contributed by atoms with Crippen LogP contribution in [-0.4, -0.2) is 39.7 Å². The monoisotopic (exact) mass is 364 g/mol. The van der Waals surface area contributed by atoms with Gasteiger partial charge in [0.15, 0.2) is 0 Å². The second-order valence-electron chi connectivity index (χ2n) is 7.07. The molecule has 0 bridgehead atoms. The summed E-state index contributed by atoms with van der Waals surface area (Å²) >= 11 is 0. The maximum absolute atomic E-state index is 12.9. The molecule has 0 spiro atoms. The van der Waals surface area contributed by atoms with Crippen molar-refractivity contribution in [1.82, 2.24) is 14.7 Å². The van der Waals surface area contributed by atoms with Crippen molar-refractivity contribution in [2.24, 2.45) is 18.2 Å². The van der Waals surface area contributed by atoms with Gasteiger partial charge in [0, 0.05) is 37.4 Å². The summed E-state index contributed by atoms with van der Waals surface area (Å²) in [7, 11) is 1.92. The largest absolute Gasteiger partial charge is 0.342 e. The van der Waals surface area contributed by atoms with E-state index in [2.05, 4.69) is 18.9 Å². The second kappa shape index (κ2) is 7.86. The van der Waals surface area contributed by atoms with Crippen molar-refractivity contribution in [1.29, 1.82) is 0 Å². The molecule has 0 aliphatic carbocycles. The van der Waals surface area contributed by atoms with Crippen LogP contribution >= 0.6 is 24.8 Å². The maximum Gasteiger partial charge on any atom is 0.229 e. The number of carbonyl (C=O) groups excluding carboxylic acids is 1. The number of amides is 1. The number of hydrogen-bond donors (Lipinski definition) is 1. The van der Waals surface area contributed by atoms with Crippen molar-refractivity contribution < 1.29 is 4.79 Å². The summed E-state index contributed by atoms with van der Waals surface area (Å²) in [6.07, 6.45) is 0.871. The fourth-order valence-electron chi connectivity index (χ4n) is 3.38. The van der Waals surface area contributed by atoms with Gasteiger partial charge in [-0.25, -0.2) is 0 Å². The SMILES string of the molecule is Cc1nn(C)c(C)c1C(C)C(=O)N1CCC(N)C(C)(C)C1.Cl.Cl. The number of nitrogens with zero attached hydrogens (tertiary/aromatic N) is 3. The molecule has 1 aliphatic heterocycles. The lowest BCUT2D eigenvalue weighted by molar-refractivity contribution is -0.135. The summed E-state index contributed by atoms with van der Waals surface area (Å²) < 4.78 is 1.85. The number of halogens is 2. The Labute approximate surface area is 151 Å². The van der Waals surface area contributed by atoms with Crippen molar-refractivity contribution in [2.75, 3.05) is 13.1 Å². The van der Waals surface area contributed by atoms with Gasteiger partial charge in [-0.1, -0.05) is 13.8 Å². The summed E-state index contributed by atoms with van der Waals surface area (Å²) in [6.45, 7) is 11.8. The first-order chi connectivity index (χ1) is 9.65. The molecule has 2 atom stereocenters. The lowest BCUT2D eigenvalue weighted by Crippen LogP contribution is -2.54. The highest BCUT2D eigenvalue weighted by molar-refractivity contribution is 5.85. The lowest BCUT2D eigenvalue weighted by atomic mass is 9.79. The van der Waals surface area contributed by atoms with Crippen LogP contribution in [0, 0.1) is 19.3 Å². The van der Waals surface area contributed by atoms with E-state index in [1.54, 1.807) is 0 Å². The molecule has 2 heterocycles. The Morgan fingerprint density at radius 2 is 1.91 bits per heavy atom. The molecular formula is C16H30Cl2N4O. The molecule has 1 saturated heterocycles. The van der Waals surface area contributed by atoms with Crippen LogP contribution in [0.5, 0.6) is 0 Å². The molecule has 23 heavy (non-hydrogen) atoms. The molecule has 1 aliphatic rings.